The zero-order valence-electron chi connectivity index (χ0n) is 16.8. The van der Waals surface area contributed by atoms with Crippen LogP contribution in [0.3, 0.4) is 0 Å². The lowest BCUT2D eigenvalue weighted by atomic mass is 10.1. The Balaban J connectivity index is 1.41. The van der Waals surface area contributed by atoms with Gasteiger partial charge in [-0.2, -0.15) is 5.10 Å². The minimum Gasteiger partial charge on any atom is -0.342 e. The molecule has 0 bridgehead atoms. The van der Waals surface area contributed by atoms with E-state index >= 15 is 0 Å². The molecule has 1 aromatic heterocycles. The molecule has 0 aromatic carbocycles. The van der Waals surface area contributed by atoms with Crippen LogP contribution in [0.4, 0.5) is 5.69 Å². The van der Waals surface area contributed by atoms with E-state index in [0.29, 0.717) is 13.1 Å². The Morgan fingerprint density at radius 3 is 2.07 bits per heavy atom. The number of amides is 2. The second-order valence-electron chi connectivity index (χ2n) is 7.71. The fourth-order valence-corrected chi connectivity index (χ4v) is 3.88. The maximum absolute atomic E-state index is 12.4. The molecule has 0 atom stereocenters. The SMILES string of the molecule is Cc1nn(C)c(C)c1NC(=O)CN1CCN(CC(=O)N2CCCCC2)CC1. The van der Waals surface area contributed by atoms with Crippen molar-refractivity contribution in [3.63, 3.8) is 0 Å². The number of rotatable bonds is 5. The zero-order valence-corrected chi connectivity index (χ0v) is 16.8. The molecule has 8 heteroatoms. The van der Waals surface area contributed by atoms with Crippen LogP contribution < -0.4 is 5.32 Å². The number of piperazine rings is 1. The third-order valence-corrected chi connectivity index (χ3v) is 5.67. The van der Waals surface area contributed by atoms with Crippen LogP contribution in [0.25, 0.3) is 0 Å². The molecule has 150 valence electrons. The summed E-state index contributed by atoms with van der Waals surface area (Å²) in [7, 11) is 1.88. The van der Waals surface area contributed by atoms with Gasteiger partial charge in [0.15, 0.2) is 0 Å². The van der Waals surface area contributed by atoms with Gasteiger partial charge in [-0.15, -0.1) is 0 Å². The van der Waals surface area contributed by atoms with Crippen LogP contribution in [-0.4, -0.2) is 88.7 Å². The Hall–Kier alpha value is -1.93. The standard InChI is InChI=1S/C19H32N6O2/c1-15-19(16(2)22(3)21-15)20-17(26)13-23-9-11-24(12-10-23)14-18(27)25-7-5-4-6-8-25/h4-14H2,1-3H3,(H,20,26). The van der Waals surface area contributed by atoms with Crippen LogP contribution in [0, 0.1) is 13.8 Å². The molecule has 8 nitrogen and oxygen atoms in total. The van der Waals surface area contributed by atoms with Crippen LogP contribution >= 0.6 is 0 Å². The molecular formula is C19H32N6O2. The van der Waals surface area contributed by atoms with Crippen LogP contribution in [0.15, 0.2) is 0 Å². The molecule has 2 amide bonds. The summed E-state index contributed by atoms with van der Waals surface area (Å²) in [6.07, 6.45) is 3.50. The molecule has 2 saturated heterocycles. The molecule has 3 heterocycles. The largest absolute Gasteiger partial charge is 0.342 e. The van der Waals surface area contributed by atoms with Gasteiger partial charge >= 0.3 is 0 Å². The molecule has 0 unspecified atom stereocenters. The first-order chi connectivity index (χ1) is 12.9. The van der Waals surface area contributed by atoms with Gasteiger partial charge in [0.05, 0.1) is 30.2 Å². The molecule has 2 aliphatic heterocycles. The van der Waals surface area contributed by atoms with Crippen LogP contribution in [0.5, 0.6) is 0 Å². The third-order valence-electron chi connectivity index (χ3n) is 5.67. The predicted molar refractivity (Wildman–Crippen MR) is 105 cm³/mol. The van der Waals surface area contributed by atoms with Gasteiger partial charge < -0.3 is 10.2 Å². The summed E-state index contributed by atoms with van der Waals surface area (Å²) in [5.74, 6) is 0.246. The average molecular weight is 377 g/mol. The van der Waals surface area contributed by atoms with Gasteiger partial charge in [-0.05, 0) is 33.1 Å². The van der Waals surface area contributed by atoms with Crippen LogP contribution in [0.2, 0.25) is 0 Å². The van der Waals surface area contributed by atoms with Crippen molar-refractivity contribution in [2.24, 2.45) is 7.05 Å². The summed E-state index contributed by atoms with van der Waals surface area (Å²) in [4.78, 5) is 31.2. The lowest BCUT2D eigenvalue weighted by molar-refractivity contribution is -0.134. The maximum Gasteiger partial charge on any atom is 0.238 e. The first kappa shape index (κ1) is 19.8. The van der Waals surface area contributed by atoms with Gasteiger partial charge in [0, 0.05) is 46.3 Å². The van der Waals surface area contributed by atoms with E-state index < -0.39 is 0 Å². The van der Waals surface area contributed by atoms with E-state index in [1.165, 1.54) is 6.42 Å². The average Bonchev–Trinajstić information content (AvgIpc) is 2.90. The fourth-order valence-electron chi connectivity index (χ4n) is 3.88. The Labute approximate surface area is 161 Å². The molecule has 1 aromatic rings. The van der Waals surface area contributed by atoms with Crippen molar-refractivity contribution in [2.45, 2.75) is 33.1 Å². The monoisotopic (exact) mass is 376 g/mol. The number of piperidine rings is 1. The highest BCUT2D eigenvalue weighted by atomic mass is 16.2. The Bertz CT molecular complexity index is 672. The Morgan fingerprint density at radius 1 is 0.926 bits per heavy atom. The maximum atomic E-state index is 12.4. The number of nitrogens with zero attached hydrogens (tertiary/aromatic N) is 5. The normalized spacial score (nSPS) is 19.3. The molecule has 0 aliphatic carbocycles. The number of aromatic nitrogens is 2. The van der Waals surface area contributed by atoms with E-state index in [-0.39, 0.29) is 11.8 Å². The number of carbonyl (C=O) groups is 2. The quantitative estimate of drug-likeness (QED) is 0.815. The van der Waals surface area contributed by atoms with Gasteiger partial charge in [0.1, 0.15) is 0 Å². The van der Waals surface area contributed by atoms with Gasteiger partial charge in [-0.1, -0.05) is 0 Å². The molecule has 2 aliphatic rings. The van der Waals surface area contributed by atoms with Crippen molar-refractivity contribution < 1.29 is 9.59 Å². The summed E-state index contributed by atoms with van der Waals surface area (Å²) in [5, 5.41) is 7.33. The number of carbonyl (C=O) groups excluding carboxylic acids is 2. The highest BCUT2D eigenvalue weighted by Crippen LogP contribution is 2.18. The zero-order chi connectivity index (χ0) is 19.4. The predicted octanol–water partition coefficient (Wildman–Crippen LogP) is 0.606. The minimum atomic E-state index is -0.00737. The van der Waals surface area contributed by atoms with Crippen molar-refractivity contribution in [1.82, 2.24) is 24.5 Å². The Morgan fingerprint density at radius 2 is 1.52 bits per heavy atom. The van der Waals surface area contributed by atoms with Crippen molar-refractivity contribution in [3.05, 3.63) is 11.4 Å². The lowest BCUT2D eigenvalue weighted by Crippen LogP contribution is -2.51. The molecule has 1 N–H and O–H groups in total. The van der Waals surface area contributed by atoms with E-state index in [2.05, 4.69) is 20.2 Å². The molecule has 27 heavy (non-hydrogen) atoms. The van der Waals surface area contributed by atoms with Crippen LogP contribution in [0.1, 0.15) is 30.7 Å². The highest BCUT2D eigenvalue weighted by molar-refractivity contribution is 5.93. The number of hydrogen-bond acceptors (Lipinski definition) is 5. The van der Waals surface area contributed by atoms with E-state index in [1.807, 2.05) is 25.8 Å². The summed E-state index contributed by atoms with van der Waals surface area (Å²) < 4.78 is 1.78. The summed E-state index contributed by atoms with van der Waals surface area (Å²) in [6, 6.07) is 0. The van der Waals surface area contributed by atoms with E-state index in [4.69, 9.17) is 0 Å². The molecular weight excluding hydrogens is 344 g/mol. The van der Waals surface area contributed by atoms with Gasteiger partial charge in [-0.3, -0.25) is 24.1 Å². The molecule has 3 rings (SSSR count). The van der Waals surface area contributed by atoms with E-state index in [9.17, 15) is 9.59 Å². The Kier molecular flexibility index (Phi) is 6.49. The summed E-state index contributed by atoms with van der Waals surface area (Å²) >= 11 is 0. The van der Waals surface area contributed by atoms with Crippen molar-refractivity contribution >= 4 is 17.5 Å². The topological polar surface area (TPSA) is 73.7 Å². The van der Waals surface area contributed by atoms with Gasteiger partial charge in [0.2, 0.25) is 11.8 Å². The van der Waals surface area contributed by atoms with E-state index in [0.717, 1.165) is 69.2 Å². The van der Waals surface area contributed by atoms with Crippen molar-refractivity contribution in [2.75, 3.05) is 57.7 Å². The van der Waals surface area contributed by atoms with Crippen LogP contribution in [-0.2, 0) is 16.6 Å². The number of anilines is 1. The first-order valence-electron chi connectivity index (χ1n) is 9.96. The fraction of sp³-hybridized carbons (Fsp3) is 0.737. The number of nitrogens with one attached hydrogen (secondary N) is 1. The smallest absolute Gasteiger partial charge is 0.238 e. The molecule has 0 spiro atoms. The second kappa shape index (κ2) is 8.84. The second-order valence-corrected chi connectivity index (χ2v) is 7.71. The summed E-state index contributed by atoms with van der Waals surface area (Å²) in [5.41, 5.74) is 2.61. The molecule has 0 radical (unpaired) electrons. The molecule has 0 saturated carbocycles. The lowest BCUT2D eigenvalue weighted by Gasteiger charge is -2.35. The van der Waals surface area contributed by atoms with Crippen molar-refractivity contribution in [3.8, 4) is 0 Å². The van der Waals surface area contributed by atoms with Gasteiger partial charge in [0.25, 0.3) is 0 Å². The highest BCUT2D eigenvalue weighted by Gasteiger charge is 2.24. The number of hydrogen-bond donors (Lipinski definition) is 1. The number of aryl methyl sites for hydroxylation is 2. The minimum absolute atomic E-state index is 0.00737. The van der Waals surface area contributed by atoms with Crippen molar-refractivity contribution in [1.29, 1.82) is 0 Å². The third kappa shape index (κ3) is 5.07. The van der Waals surface area contributed by atoms with Gasteiger partial charge in [-0.25, -0.2) is 0 Å². The summed E-state index contributed by atoms with van der Waals surface area (Å²) in [6.45, 7) is 9.84. The molecule has 2 fully saturated rings. The van der Waals surface area contributed by atoms with E-state index in [1.54, 1.807) is 4.68 Å². The first-order valence-corrected chi connectivity index (χ1v) is 9.96. The number of likely N-dealkylation sites (tertiary alicyclic amines) is 1.